The van der Waals surface area contributed by atoms with Crippen molar-refractivity contribution >= 4 is 27.2 Å². The maximum absolute atomic E-state index is 13.1. The zero-order chi connectivity index (χ0) is 15.0. The molecule has 20 heavy (non-hydrogen) atoms. The average Bonchev–Trinajstić information content (AvgIpc) is 2.77. The van der Waals surface area contributed by atoms with Gasteiger partial charge in [-0.1, -0.05) is 25.1 Å². The molecule has 7 heteroatoms. The lowest BCUT2D eigenvalue weighted by atomic mass is 10.00. The van der Waals surface area contributed by atoms with Crippen LogP contribution in [-0.2, 0) is 10.0 Å². The van der Waals surface area contributed by atoms with Gasteiger partial charge in [-0.15, -0.1) is 0 Å². The molecule has 1 fully saturated rings. The minimum Gasteiger partial charge on any atom is -0.392 e. The second kappa shape index (κ2) is 5.38. The van der Waals surface area contributed by atoms with Crippen LogP contribution in [0.15, 0.2) is 23.1 Å². The largest absolute Gasteiger partial charge is 0.392 e. The van der Waals surface area contributed by atoms with Crippen molar-refractivity contribution in [1.82, 2.24) is 4.72 Å². The van der Waals surface area contributed by atoms with Crippen LogP contribution in [-0.4, -0.2) is 18.9 Å². The smallest absolute Gasteiger partial charge is 0.241 e. The molecule has 3 N–H and O–H groups in total. The first-order valence-electron chi connectivity index (χ1n) is 6.37. The van der Waals surface area contributed by atoms with Gasteiger partial charge in [0.2, 0.25) is 10.0 Å². The monoisotopic (exact) mass is 316 g/mol. The molecule has 0 bridgehead atoms. The molecule has 4 nitrogen and oxygen atoms in total. The molecular formula is C13H17FN2O2S2. The summed E-state index contributed by atoms with van der Waals surface area (Å²) < 4.78 is 40.7. The van der Waals surface area contributed by atoms with Gasteiger partial charge in [0.15, 0.2) is 0 Å². The van der Waals surface area contributed by atoms with Crippen molar-refractivity contribution in [3.63, 3.8) is 0 Å². The highest BCUT2D eigenvalue weighted by atomic mass is 32.2. The van der Waals surface area contributed by atoms with E-state index in [-0.39, 0.29) is 9.88 Å². The van der Waals surface area contributed by atoms with E-state index in [1.165, 1.54) is 12.1 Å². The van der Waals surface area contributed by atoms with Gasteiger partial charge in [0.1, 0.15) is 5.82 Å². The number of aryl methyl sites for hydroxylation is 1. The molecule has 0 aliphatic heterocycles. The molecule has 0 radical (unpaired) electrons. The number of sulfonamides is 1. The average molecular weight is 316 g/mol. The summed E-state index contributed by atoms with van der Waals surface area (Å²) in [6, 6.07) is 3.58. The molecule has 1 aromatic carbocycles. The second-order valence-corrected chi connectivity index (χ2v) is 7.26. The highest BCUT2D eigenvalue weighted by molar-refractivity contribution is 7.89. The molecular weight excluding hydrogens is 299 g/mol. The Balaban J connectivity index is 2.38. The Morgan fingerprint density at radius 3 is 2.50 bits per heavy atom. The number of nitrogens with two attached hydrogens (primary N) is 1. The van der Waals surface area contributed by atoms with Crippen LogP contribution in [0.3, 0.4) is 0 Å². The van der Waals surface area contributed by atoms with Gasteiger partial charge in [-0.05, 0) is 43.5 Å². The lowest BCUT2D eigenvalue weighted by Crippen LogP contribution is -2.54. The first kappa shape index (κ1) is 15.3. The molecule has 1 aliphatic carbocycles. The SMILES string of the molecule is Cc1cc(F)ccc1S(=O)(=O)NC1(C(N)=S)CCCC1. The maximum Gasteiger partial charge on any atom is 0.241 e. The summed E-state index contributed by atoms with van der Waals surface area (Å²) in [5, 5.41) is 0. The van der Waals surface area contributed by atoms with Crippen molar-refractivity contribution in [2.45, 2.75) is 43.0 Å². The standard InChI is InChI=1S/C13H17FN2O2S2/c1-9-8-10(14)4-5-11(9)20(17,18)16-13(12(15)19)6-2-3-7-13/h4-5,8,16H,2-3,6-7H2,1H3,(H2,15,19). The fourth-order valence-electron chi connectivity index (χ4n) is 2.60. The predicted molar refractivity (Wildman–Crippen MR) is 79.4 cm³/mol. The second-order valence-electron chi connectivity index (χ2n) is 5.17. The highest BCUT2D eigenvalue weighted by Gasteiger charge is 2.40. The van der Waals surface area contributed by atoms with Crippen LogP contribution >= 0.6 is 12.2 Å². The Labute approximate surface area is 123 Å². The van der Waals surface area contributed by atoms with Crippen LogP contribution in [0.2, 0.25) is 0 Å². The quantitative estimate of drug-likeness (QED) is 0.834. The first-order valence-corrected chi connectivity index (χ1v) is 8.26. The molecule has 0 saturated heterocycles. The van der Waals surface area contributed by atoms with E-state index >= 15 is 0 Å². The fourth-order valence-corrected chi connectivity index (χ4v) is 4.59. The molecule has 1 aromatic rings. The summed E-state index contributed by atoms with van der Waals surface area (Å²) in [5.41, 5.74) is 5.23. The summed E-state index contributed by atoms with van der Waals surface area (Å²) in [7, 11) is -3.78. The van der Waals surface area contributed by atoms with Gasteiger partial charge >= 0.3 is 0 Å². The minimum absolute atomic E-state index is 0.0569. The summed E-state index contributed by atoms with van der Waals surface area (Å²) in [6.07, 6.45) is 2.95. The van der Waals surface area contributed by atoms with Crippen LogP contribution in [0.25, 0.3) is 0 Å². The molecule has 0 amide bonds. The van der Waals surface area contributed by atoms with E-state index in [1.807, 2.05) is 0 Å². The molecule has 1 saturated carbocycles. The Morgan fingerprint density at radius 1 is 1.40 bits per heavy atom. The zero-order valence-electron chi connectivity index (χ0n) is 11.1. The van der Waals surface area contributed by atoms with Crippen molar-refractivity contribution in [2.75, 3.05) is 0 Å². The third-order valence-electron chi connectivity index (χ3n) is 3.68. The predicted octanol–water partition coefficient (Wildman–Crippen LogP) is 2.01. The lowest BCUT2D eigenvalue weighted by molar-refractivity contribution is 0.502. The number of nitrogens with one attached hydrogen (secondary N) is 1. The summed E-state index contributed by atoms with van der Waals surface area (Å²) in [4.78, 5) is 0.222. The number of thiocarbonyl (C=S) groups is 1. The Hall–Kier alpha value is -1.05. The van der Waals surface area contributed by atoms with E-state index < -0.39 is 21.4 Å². The van der Waals surface area contributed by atoms with Crippen molar-refractivity contribution in [2.24, 2.45) is 5.73 Å². The molecule has 2 rings (SSSR count). The Morgan fingerprint density at radius 2 is 2.00 bits per heavy atom. The number of halogens is 1. The van der Waals surface area contributed by atoms with Crippen molar-refractivity contribution in [3.05, 3.63) is 29.6 Å². The first-order chi connectivity index (χ1) is 9.27. The van der Waals surface area contributed by atoms with E-state index in [0.717, 1.165) is 18.9 Å². The Kier molecular flexibility index (Phi) is 4.13. The minimum atomic E-state index is -3.78. The molecule has 0 spiro atoms. The van der Waals surface area contributed by atoms with Crippen LogP contribution in [0, 0.1) is 12.7 Å². The molecule has 1 aliphatic rings. The van der Waals surface area contributed by atoms with Crippen molar-refractivity contribution < 1.29 is 12.8 Å². The van der Waals surface area contributed by atoms with Gasteiger partial charge < -0.3 is 5.73 Å². The van der Waals surface area contributed by atoms with E-state index in [0.29, 0.717) is 18.4 Å². The van der Waals surface area contributed by atoms with Crippen molar-refractivity contribution in [1.29, 1.82) is 0 Å². The van der Waals surface area contributed by atoms with E-state index in [2.05, 4.69) is 4.72 Å². The molecule has 0 heterocycles. The maximum atomic E-state index is 13.1. The van der Waals surface area contributed by atoms with Gasteiger partial charge in [-0.2, -0.15) is 4.72 Å². The number of rotatable bonds is 4. The third-order valence-corrected chi connectivity index (χ3v) is 5.77. The fraction of sp³-hybridized carbons (Fsp3) is 0.462. The van der Waals surface area contributed by atoms with E-state index in [9.17, 15) is 12.8 Å². The lowest BCUT2D eigenvalue weighted by Gasteiger charge is -2.29. The van der Waals surface area contributed by atoms with Crippen LogP contribution in [0.5, 0.6) is 0 Å². The highest BCUT2D eigenvalue weighted by Crippen LogP contribution is 2.32. The zero-order valence-corrected chi connectivity index (χ0v) is 12.8. The van der Waals surface area contributed by atoms with Crippen molar-refractivity contribution in [3.8, 4) is 0 Å². The van der Waals surface area contributed by atoms with E-state index in [4.69, 9.17) is 18.0 Å². The summed E-state index contributed by atoms with van der Waals surface area (Å²) in [5.74, 6) is -0.466. The van der Waals surface area contributed by atoms with Gasteiger partial charge in [0.25, 0.3) is 0 Å². The van der Waals surface area contributed by atoms with E-state index in [1.54, 1.807) is 6.92 Å². The third kappa shape index (κ3) is 2.84. The summed E-state index contributed by atoms with van der Waals surface area (Å²) in [6.45, 7) is 1.56. The Bertz CT molecular complexity index is 638. The van der Waals surface area contributed by atoms with Gasteiger partial charge in [-0.25, -0.2) is 12.8 Å². The normalized spacial score (nSPS) is 18.1. The number of hydrogen-bond donors (Lipinski definition) is 2. The summed E-state index contributed by atoms with van der Waals surface area (Å²) >= 11 is 5.03. The van der Waals surface area contributed by atoms with Crippen LogP contribution in [0.4, 0.5) is 4.39 Å². The van der Waals surface area contributed by atoms with Crippen LogP contribution < -0.4 is 10.5 Å². The van der Waals surface area contributed by atoms with Gasteiger partial charge in [0, 0.05) is 0 Å². The molecule has 0 atom stereocenters. The number of benzene rings is 1. The molecule has 110 valence electrons. The van der Waals surface area contributed by atoms with Crippen LogP contribution in [0.1, 0.15) is 31.2 Å². The van der Waals surface area contributed by atoms with Gasteiger partial charge in [-0.3, -0.25) is 0 Å². The number of hydrogen-bond acceptors (Lipinski definition) is 3. The molecule has 0 aromatic heterocycles. The topological polar surface area (TPSA) is 72.2 Å². The molecule has 0 unspecified atom stereocenters. The van der Waals surface area contributed by atoms with Gasteiger partial charge in [0.05, 0.1) is 15.4 Å².